The fraction of sp³-hybridized carbons (Fsp3) is 0.0909. The predicted molar refractivity (Wildman–Crippen MR) is 121 cm³/mol. The van der Waals surface area contributed by atoms with Crippen LogP contribution in [0.2, 0.25) is 10.0 Å². The van der Waals surface area contributed by atoms with Gasteiger partial charge in [-0.1, -0.05) is 23.2 Å². The molecule has 2 aromatic carbocycles. The molecule has 0 atom stereocenters. The van der Waals surface area contributed by atoms with E-state index in [9.17, 15) is 4.79 Å². The number of nitrogens with zero attached hydrogens (tertiary/aromatic N) is 4. The molecule has 0 aliphatic carbocycles. The van der Waals surface area contributed by atoms with E-state index in [-0.39, 0.29) is 12.5 Å². The molecule has 10 heteroatoms. The molecule has 0 unspecified atom stereocenters. The Labute approximate surface area is 193 Å². The second-order valence-corrected chi connectivity index (χ2v) is 7.44. The Hall–Kier alpha value is -3.62. The largest absolute Gasteiger partial charge is 0.482 e. The van der Waals surface area contributed by atoms with E-state index < -0.39 is 0 Å². The van der Waals surface area contributed by atoms with Crippen LogP contribution in [-0.4, -0.2) is 32.0 Å². The summed E-state index contributed by atoms with van der Waals surface area (Å²) in [5.41, 5.74) is 0.588. The average Bonchev–Trinajstić information content (AvgIpc) is 3.21. The van der Waals surface area contributed by atoms with Crippen LogP contribution in [0.25, 0.3) is 5.82 Å². The smallest absolute Gasteiger partial charge is 0.262 e. The zero-order valence-corrected chi connectivity index (χ0v) is 18.3. The number of hydrogen-bond acceptors (Lipinski definition) is 6. The number of hydrogen-bond donors (Lipinski definition) is 1. The molecule has 0 fully saturated rings. The molecule has 1 amide bonds. The topological polar surface area (TPSA) is 91.2 Å². The number of halogens is 2. The van der Waals surface area contributed by atoms with Gasteiger partial charge in [-0.05, 0) is 49.4 Å². The highest BCUT2D eigenvalue weighted by Gasteiger charge is 2.09. The van der Waals surface area contributed by atoms with Gasteiger partial charge in [0.05, 0.1) is 5.02 Å². The molecule has 2 heterocycles. The molecule has 0 bridgehead atoms. The first-order valence-electron chi connectivity index (χ1n) is 9.46. The van der Waals surface area contributed by atoms with Crippen LogP contribution in [0.4, 0.5) is 5.69 Å². The third-order valence-corrected chi connectivity index (χ3v) is 4.84. The van der Waals surface area contributed by atoms with Gasteiger partial charge < -0.3 is 14.8 Å². The maximum Gasteiger partial charge on any atom is 0.262 e. The average molecular weight is 470 g/mol. The number of carbonyl (C=O) groups is 1. The summed E-state index contributed by atoms with van der Waals surface area (Å²) in [6.07, 6.45) is 4.93. The molecule has 0 saturated carbocycles. The van der Waals surface area contributed by atoms with Crippen LogP contribution in [0.15, 0.2) is 67.3 Å². The number of amides is 1. The van der Waals surface area contributed by atoms with Gasteiger partial charge in [0.15, 0.2) is 6.61 Å². The van der Waals surface area contributed by atoms with Crippen LogP contribution in [0.5, 0.6) is 17.4 Å². The number of carbonyl (C=O) groups excluding carboxylic acids is 1. The zero-order valence-electron chi connectivity index (χ0n) is 16.8. The lowest BCUT2D eigenvalue weighted by atomic mass is 10.3. The monoisotopic (exact) mass is 469 g/mol. The van der Waals surface area contributed by atoms with Crippen molar-refractivity contribution in [1.82, 2.24) is 19.5 Å². The molecule has 2 aromatic heterocycles. The minimum absolute atomic E-state index is 0.197. The first-order chi connectivity index (χ1) is 15.5. The lowest BCUT2D eigenvalue weighted by molar-refractivity contribution is -0.118. The minimum Gasteiger partial charge on any atom is -0.482 e. The van der Waals surface area contributed by atoms with Crippen LogP contribution < -0.4 is 14.8 Å². The Balaban J connectivity index is 1.34. The van der Waals surface area contributed by atoms with Crippen molar-refractivity contribution in [3.8, 4) is 23.2 Å². The van der Waals surface area contributed by atoms with Gasteiger partial charge in [0, 0.05) is 29.2 Å². The summed E-state index contributed by atoms with van der Waals surface area (Å²) >= 11 is 11.9. The van der Waals surface area contributed by atoms with Crippen molar-refractivity contribution >= 4 is 34.8 Å². The molecule has 8 nitrogen and oxygen atoms in total. The van der Waals surface area contributed by atoms with Gasteiger partial charge in [-0.15, -0.1) is 0 Å². The van der Waals surface area contributed by atoms with Crippen molar-refractivity contribution in [2.24, 2.45) is 0 Å². The highest BCUT2D eigenvalue weighted by molar-refractivity contribution is 6.35. The van der Waals surface area contributed by atoms with E-state index >= 15 is 0 Å². The Morgan fingerprint density at radius 2 is 1.88 bits per heavy atom. The van der Waals surface area contributed by atoms with Crippen molar-refractivity contribution in [3.05, 3.63) is 83.1 Å². The van der Waals surface area contributed by atoms with E-state index in [0.29, 0.717) is 38.9 Å². The first kappa shape index (κ1) is 21.6. The molecular formula is C22H17Cl2N5O3. The molecule has 0 saturated heterocycles. The normalized spacial score (nSPS) is 10.6. The lowest BCUT2D eigenvalue weighted by Gasteiger charge is -2.10. The van der Waals surface area contributed by atoms with Crippen LogP contribution in [-0.2, 0) is 4.79 Å². The van der Waals surface area contributed by atoms with Crippen LogP contribution in [0.1, 0.15) is 5.82 Å². The van der Waals surface area contributed by atoms with Gasteiger partial charge in [0.2, 0.25) is 5.88 Å². The van der Waals surface area contributed by atoms with E-state index in [1.807, 2.05) is 17.7 Å². The van der Waals surface area contributed by atoms with Gasteiger partial charge in [-0.25, -0.2) is 15.0 Å². The Morgan fingerprint density at radius 1 is 1.06 bits per heavy atom. The van der Waals surface area contributed by atoms with Gasteiger partial charge in [-0.3, -0.25) is 9.36 Å². The molecule has 4 aromatic rings. The molecule has 32 heavy (non-hydrogen) atoms. The quantitative estimate of drug-likeness (QED) is 0.405. The van der Waals surface area contributed by atoms with Gasteiger partial charge in [-0.2, -0.15) is 0 Å². The summed E-state index contributed by atoms with van der Waals surface area (Å²) in [5.74, 6) is 2.44. The van der Waals surface area contributed by atoms with E-state index in [4.69, 9.17) is 32.7 Å². The SMILES string of the molecule is Cc1nccn1-c1cc(Oc2ccc(NC(=O)COc3ccc(Cl)cc3Cl)cc2)ncn1. The molecule has 1 N–H and O–H groups in total. The number of anilines is 1. The number of nitrogens with one attached hydrogen (secondary N) is 1. The lowest BCUT2D eigenvalue weighted by Crippen LogP contribution is -2.20. The van der Waals surface area contributed by atoms with Gasteiger partial charge >= 0.3 is 0 Å². The summed E-state index contributed by atoms with van der Waals surface area (Å²) in [5, 5.41) is 3.57. The number of aryl methyl sites for hydroxylation is 1. The fourth-order valence-electron chi connectivity index (χ4n) is 2.80. The summed E-state index contributed by atoms with van der Waals surface area (Å²) < 4.78 is 13.1. The summed E-state index contributed by atoms with van der Waals surface area (Å²) in [6.45, 7) is 1.68. The van der Waals surface area contributed by atoms with E-state index in [1.165, 1.54) is 6.33 Å². The van der Waals surface area contributed by atoms with Crippen LogP contribution >= 0.6 is 23.2 Å². The van der Waals surface area contributed by atoms with Gasteiger partial charge in [0.1, 0.15) is 29.5 Å². The van der Waals surface area contributed by atoms with Crippen molar-refractivity contribution in [1.29, 1.82) is 0 Å². The Bertz CT molecular complexity index is 1240. The van der Waals surface area contributed by atoms with Crippen molar-refractivity contribution in [2.75, 3.05) is 11.9 Å². The van der Waals surface area contributed by atoms with E-state index in [2.05, 4.69) is 20.3 Å². The van der Waals surface area contributed by atoms with Crippen molar-refractivity contribution in [3.63, 3.8) is 0 Å². The summed E-state index contributed by atoms with van der Waals surface area (Å²) in [7, 11) is 0. The predicted octanol–water partition coefficient (Wildman–Crippen LogP) is 5.09. The van der Waals surface area contributed by atoms with Gasteiger partial charge in [0.25, 0.3) is 5.91 Å². The first-order valence-corrected chi connectivity index (χ1v) is 10.2. The molecule has 0 aliphatic heterocycles. The summed E-state index contributed by atoms with van der Waals surface area (Å²) in [4.78, 5) is 24.7. The fourth-order valence-corrected chi connectivity index (χ4v) is 3.26. The second-order valence-electron chi connectivity index (χ2n) is 6.60. The van der Waals surface area contributed by atoms with Crippen molar-refractivity contribution in [2.45, 2.75) is 6.92 Å². The molecular weight excluding hydrogens is 453 g/mol. The Morgan fingerprint density at radius 3 is 2.59 bits per heavy atom. The molecule has 0 radical (unpaired) electrons. The van der Waals surface area contributed by atoms with Crippen molar-refractivity contribution < 1.29 is 14.3 Å². The third kappa shape index (κ3) is 5.35. The zero-order chi connectivity index (χ0) is 22.5. The number of imidazole rings is 1. The van der Waals surface area contributed by atoms with Crippen LogP contribution in [0, 0.1) is 6.92 Å². The molecule has 0 aliphatic rings. The number of rotatable bonds is 7. The highest BCUT2D eigenvalue weighted by atomic mass is 35.5. The minimum atomic E-state index is -0.333. The molecule has 4 rings (SSSR count). The maximum absolute atomic E-state index is 12.2. The standard InChI is InChI=1S/C22H17Cl2N5O3/c1-14-25-8-9-29(14)20-11-22(27-13-26-20)32-17-5-3-16(4-6-17)28-21(30)12-31-19-7-2-15(23)10-18(19)24/h2-11,13H,12H2,1H3,(H,28,30). The number of benzene rings is 2. The van der Waals surface area contributed by atoms with E-state index in [0.717, 1.165) is 5.82 Å². The summed E-state index contributed by atoms with van der Waals surface area (Å²) in [6, 6.07) is 13.4. The van der Waals surface area contributed by atoms with E-state index in [1.54, 1.807) is 54.7 Å². The molecule has 0 spiro atoms. The molecule has 162 valence electrons. The maximum atomic E-state index is 12.2. The Kier molecular flexibility index (Phi) is 6.53. The van der Waals surface area contributed by atoms with Crippen LogP contribution in [0.3, 0.4) is 0 Å². The number of aromatic nitrogens is 4. The second kappa shape index (κ2) is 9.67. The number of ether oxygens (including phenoxy) is 2. The third-order valence-electron chi connectivity index (χ3n) is 4.31. The highest BCUT2D eigenvalue weighted by Crippen LogP contribution is 2.27.